The summed E-state index contributed by atoms with van der Waals surface area (Å²) in [6.07, 6.45) is 0. The fourth-order valence-electron chi connectivity index (χ4n) is 2.63. The molecule has 3 aromatic rings. The van der Waals surface area contributed by atoms with E-state index >= 15 is 0 Å². The van der Waals surface area contributed by atoms with Gasteiger partial charge < -0.3 is 14.4 Å². The maximum atomic E-state index is 11.5. The van der Waals surface area contributed by atoms with E-state index in [1.165, 1.54) is 18.2 Å². The standard InChI is InChI=1S/C17H14N2O5/c1-24-14-5-2-11(3-6-14)10-18-15-7-4-13(19(22)23)8-12(15)9-16(18)17(20)21/h2-9H,10H2,1H3,(H,20,21). The van der Waals surface area contributed by atoms with Crippen molar-refractivity contribution in [3.05, 3.63) is 69.9 Å². The lowest BCUT2D eigenvalue weighted by molar-refractivity contribution is -0.384. The monoisotopic (exact) mass is 326 g/mol. The predicted octanol–water partition coefficient (Wildman–Crippen LogP) is 3.30. The zero-order valence-corrected chi connectivity index (χ0v) is 12.8. The van der Waals surface area contributed by atoms with Crippen LogP contribution in [0.5, 0.6) is 5.75 Å². The third-order valence-corrected chi connectivity index (χ3v) is 3.81. The number of hydrogen-bond acceptors (Lipinski definition) is 4. The lowest BCUT2D eigenvalue weighted by Gasteiger charge is -2.09. The number of carboxylic acids is 1. The van der Waals surface area contributed by atoms with E-state index in [0.717, 1.165) is 5.56 Å². The third kappa shape index (κ3) is 2.79. The van der Waals surface area contributed by atoms with E-state index in [-0.39, 0.29) is 11.4 Å². The molecule has 0 aliphatic rings. The maximum Gasteiger partial charge on any atom is 0.352 e. The Kier molecular flexibility index (Phi) is 3.91. The number of fused-ring (bicyclic) bond motifs is 1. The Balaban J connectivity index is 2.08. The number of aromatic carboxylic acids is 1. The molecule has 0 saturated carbocycles. The largest absolute Gasteiger partial charge is 0.497 e. The molecule has 0 saturated heterocycles. The number of methoxy groups -OCH3 is 1. The van der Waals surface area contributed by atoms with Crippen molar-refractivity contribution in [2.45, 2.75) is 6.54 Å². The summed E-state index contributed by atoms with van der Waals surface area (Å²) in [7, 11) is 1.57. The van der Waals surface area contributed by atoms with Crippen LogP contribution >= 0.6 is 0 Å². The topological polar surface area (TPSA) is 94.6 Å². The summed E-state index contributed by atoms with van der Waals surface area (Å²) in [5.74, 6) is -0.368. The van der Waals surface area contributed by atoms with Crippen molar-refractivity contribution in [2.24, 2.45) is 0 Å². The fourth-order valence-corrected chi connectivity index (χ4v) is 2.63. The van der Waals surface area contributed by atoms with Gasteiger partial charge in [0.2, 0.25) is 0 Å². The van der Waals surface area contributed by atoms with Crippen LogP contribution in [0.4, 0.5) is 5.69 Å². The second-order valence-corrected chi connectivity index (χ2v) is 5.27. The first-order valence-corrected chi connectivity index (χ1v) is 7.13. The number of non-ortho nitro benzene ring substituents is 1. The molecule has 0 spiro atoms. The molecule has 0 radical (unpaired) electrons. The van der Waals surface area contributed by atoms with E-state index < -0.39 is 10.9 Å². The van der Waals surface area contributed by atoms with Gasteiger partial charge in [0.25, 0.3) is 5.69 Å². The molecule has 1 N–H and O–H groups in total. The minimum Gasteiger partial charge on any atom is -0.497 e. The second-order valence-electron chi connectivity index (χ2n) is 5.27. The van der Waals surface area contributed by atoms with Gasteiger partial charge in [0, 0.05) is 29.6 Å². The highest BCUT2D eigenvalue weighted by atomic mass is 16.6. The van der Waals surface area contributed by atoms with E-state index in [2.05, 4.69) is 0 Å². The van der Waals surface area contributed by atoms with E-state index in [0.29, 0.717) is 23.2 Å². The third-order valence-electron chi connectivity index (χ3n) is 3.81. The lowest BCUT2D eigenvalue weighted by atomic mass is 10.2. The molecular formula is C17H14N2O5. The Morgan fingerprint density at radius 3 is 2.50 bits per heavy atom. The molecule has 3 rings (SSSR count). The van der Waals surface area contributed by atoms with Crippen molar-refractivity contribution < 1.29 is 19.6 Å². The van der Waals surface area contributed by atoms with Gasteiger partial charge in [0.05, 0.1) is 12.0 Å². The van der Waals surface area contributed by atoms with Crippen molar-refractivity contribution in [1.82, 2.24) is 4.57 Å². The number of nitrogens with zero attached hydrogens (tertiary/aromatic N) is 2. The van der Waals surface area contributed by atoms with Gasteiger partial charge in [-0.1, -0.05) is 12.1 Å². The Hall–Kier alpha value is -3.35. The van der Waals surface area contributed by atoms with Crippen LogP contribution in [0.15, 0.2) is 48.5 Å². The van der Waals surface area contributed by atoms with Crippen LogP contribution in [-0.2, 0) is 6.54 Å². The fraction of sp³-hybridized carbons (Fsp3) is 0.118. The summed E-state index contributed by atoms with van der Waals surface area (Å²) in [6.45, 7) is 0.340. The number of nitro benzene ring substituents is 1. The van der Waals surface area contributed by atoms with Crippen molar-refractivity contribution in [2.75, 3.05) is 7.11 Å². The molecule has 0 aliphatic carbocycles. The Bertz CT molecular complexity index is 928. The molecule has 0 amide bonds. The van der Waals surface area contributed by atoms with Crippen LogP contribution in [0, 0.1) is 10.1 Å². The molecule has 24 heavy (non-hydrogen) atoms. The molecule has 7 heteroatoms. The average Bonchev–Trinajstić information content (AvgIpc) is 2.93. The molecule has 2 aromatic carbocycles. The highest BCUT2D eigenvalue weighted by molar-refractivity contribution is 5.95. The van der Waals surface area contributed by atoms with Crippen molar-refractivity contribution in [1.29, 1.82) is 0 Å². The van der Waals surface area contributed by atoms with Crippen LogP contribution < -0.4 is 4.74 Å². The van der Waals surface area contributed by atoms with Gasteiger partial charge in [-0.3, -0.25) is 10.1 Å². The molecule has 7 nitrogen and oxygen atoms in total. The molecule has 0 aliphatic heterocycles. The molecular weight excluding hydrogens is 312 g/mol. The predicted molar refractivity (Wildman–Crippen MR) is 87.6 cm³/mol. The highest BCUT2D eigenvalue weighted by Gasteiger charge is 2.17. The molecule has 0 atom stereocenters. The van der Waals surface area contributed by atoms with Crippen LogP contribution in [0.3, 0.4) is 0 Å². The van der Waals surface area contributed by atoms with Crippen molar-refractivity contribution >= 4 is 22.6 Å². The number of carbonyl (C=O) groups is 1. The van der Waals surface area contributed by atoms with Crippen LogP contribution in [0.1, 0.15) is 16.1 Å². The van der Waals surface area contributed by atoms with Gasteiger partial charge in [-0.05, 0) is 29.8 Å². The van der Waals surface area contributed by atoms with Gasteiger partial charge in [0.15, 0.2) is 0 Å². The second kappa shape index (κ2) is 6.04. The summed E-state index contributed by atoms with van der Waals surface area (Å²) in [5, 5.41) is 20.8. The quantitative estimate of drug-likeness (QED) is 0.573. The summed E-state index contributed by atoms with van der Waals surface area (Å²) < 4.78 is 6.74. The highest BCUT2D eigenvalue weighted by Crippen LogP contribution is 2.26. The number of rotatable bonds is 5. The molecule has 122 valence electrons. The van der Waals surface area contributed by atoms with Gasteiger partial charge in [-0.15, -0.1) is 0 Å². The molecule has 0 bridgehead atoms. The minimum absolute atomic E-state index is 0.0685. The lowest BCUT2D eigenvalue weighted by Crippen LogP contribution is -2.09. The zero-order valence-electron chi connectivity index (χ0n) is 12.8. The first kappa shape index (κ1) is 15.5. The first-order chi connectivity index (χ1) is 11.5. The van der Waals surface area contributed by atoms with E-state index in [4.69, 9.17) is 4.74 Å². The van der Waals surface area contributed by atoms with Crippen molar-refractivity contribution in [3.63, 3.8) is 0 Å². The average molecular weight is 326 g/mol. The van der Waals surface area contributed by atoms with Crippen LogP contribution in [0.2, 0.25) is 0 Å². The first-order valence-electron chi connectivity index (χ1n) is 7.13. The SMILES string of the molecule is COc1ccc(Cn2c(C(=O)O)cc3cc([N+](=O)[O-])ccc32)cc1. The number of ether oxygens (including phenoxy) is 1. The van der Waals surface area contributed by atoms with E-state index in [1.807, 2.05) is 12.1 Å². The maximum absolute atomic E-state index is 11.5. The minimum atomic E-state index is -1.08. The van der Waals surface area contributed by atoms with Crippen LogP contribution in [0.25, 0.3) is 10.9 Å². The number of hydrogen-bond donors (Lipinski definition) is 1. The summed E-state index contributed by atoms with van der Waals surface area (Å²) in [4.78, 5) is 21.9. The van der Waals surface area contributed by atoms with Gasteiger partial charge in [0.1, 0.15) is 11.4 Å². The van der Waals surface area contributed by atoms with Crippen LogP contribution in [-0.4, -0.2) is 27.7 Å². The van der Waals surface area contributed by atoms with E-state index in [9.17, 15) is 20.0 Å². The summed E-state index contributed by atoms with van der Waals surface area (Å²) in [6, 6.07) is 13.1. The Morgan fingerprint density at radius 2 is 1.92 bits per heavy atom. The summed E-state index contributed by atoms with van der Waals surface area (Å²) in [5.41, 5.74) is 1.55. The smallest absolute Gasteiger partial charge is 0.352 e. The zero-order chi connectivity index (χ0) is 17.3. The van der Waals surface area contributed by atoms with E-state index in [1.54, 1.807) is 29.9 Å². The molecule has 0 fully saturated rings. The summed E-state index contributed by atoms with van der Waals surface area (Å²) >= 11 is 0. The number of nitro groups is 1. The number of carboxylic acid groups (broad SMARTS) is 1. The van der Waals surface area contributed by atoms with Gasteiger partial charge in [-0.25, -0.2) is 4.79 Å². The number of aromatic nitrogens is 1. The molecule has 1 heterocycles. The van der Waals surface area contributed by atoms with Gasteiger partial charge in [-0.2, -0.15) is 0 Å². The van der Waals surface area contributed by atoms with Gasteiger partial charge >= 0.3 is 5.97 Å². The normalized spacial score (nSPS) is 10.7. The number of benzene rings is 2. The Morgan fingerprint density at radius 1 is 1.21 bits per heavy atom. The Labute approximate surface area is 136 Å². The molecule has 1 aromatic heterocycles. The molecule has 0 unspecified atom stereocenters. The van der Waals surface area contributed by atoms with Crippen molar-refractivity contribution in [3.8, 4) is 5.75 Å².